The summed E-state index contributed by atoms with van der Waals surface area (Å²) >= 11 is 0. The molecule has 2 nitrogen and oxygen atoms in total. The van der Waals surface area contributed by atoms with E-state index in [1.54, 1.807) is 0 Å². The molecule has 5 rings (SSSR count). The average molecular weight is 274 g/mol. The lowest BCUT2D eigenvalue weighted by Crippen LogP contribution is -2.36. The Balaban J connectivity index is 1.82. The molecule has 1 aliphatic heterocycles. The van der Waals surface area contributed by atoms with E-state index in [0.29, 0.717) is 11.8 Å². The van der Waals surface area contributed by atoms with Crippen molar-refractivity contribution in [1.29, 1.82) is 0 Å². The highest BCUT2D eigenvalue weighted by Gasteiger charge is 2.37. The van der Waals surface area contributed by atoms with E-state index in [0.717, 1.165) is 17.3 Å². The number of hydrogen-bond donors (Lipinski definition) is 0. The van der Waals surface area contributed by atoms with Crippen LogP contribution in [0.15, 0.2) is 35.3 Å². The molecule has 2 aliphatic carbocycles. The summed E-state index contributed by atoms with van der Waals surface area (Å²) in [7, 11) is 0. The second-order valence-electron chi connectivity index (χ2n) is 6.51. The first kappa shape index (κ1) is 11.7. The van der Waals surface area contributed by atoms with E-state index < -0.39 is 0 Å². The van der Waals surface area contributed by atoms with Crippen molar-refractivity contribution in [2.24, 2.45) is 16.8 Å². The highest BCUT2D eigenvalue weighted by molar-refractivity contribution is 5.96. The lowest BCUT2D eigenvalue weighted by molar-refractivity contribution is 0.452. The molecule has 0 radical (unpaired) electrons. The molecule has 0 bridgehead atoms. The van der Waals surface area contributed by atoms with Crippen molar-refractivity contribution in [1.82, 2.24) is 4.98 Å². The molecule has 1 aromatic carbocycles. The quantitative estimate of drug-likeness (QED) is 0.725. The molecule has 3 aliphatic rings. The standard InChI is InChI=1S/C19H18N2/c1-3-7-16-12(5-1)11-13-9-10-15-14-6-2-4-8-17(14)21-19(15)18(13)20-16/h1,3,5,7,9,11,14-15H,2,4,6,8,10H2. The lowest BCUT2D eigenvalue weighted by atomic mass is 9.77. The Labute approximate surface area is 123 Å². The van der Waals surface area contributed by atoms with Gasteiger partial charge in [0, 0.05) is 22.9 Å². The molecule has 104 valence electrons. The van der Waals surface area contributed by atoms with Crippen LogP contribution in [0.4, 0.5) is 0 Å². The number of aliphatic imine (C=N–C) groups is 1. The Morgan fingerprint density at radius 2 is 2.00 bits per heavy atom. The zero-order valence-corrected chi connectivity index (χ0v) is 12.0. The molecule has 1 aromatic heterocycles. The van der Waals surface area contributed by atoms with Gasteiger partial charge in [-0.25, -0.2) is 4.98 Å². The summed E-state index contributed by atoms with van der Waals surface area (Å²) in [4.78, 5) is 9.97. The minimum absolute atomic E-state index is 0.599. The fourth-order valence-corrected chi connectivity index (χ4v) is 4.27. The van der Waals surface area contributed by atoms with Crippen LogP contribution >= 0.6 is 0 Å². The molecule has 0 spiro atoms. The molecule has 2 heteroatoms. The molecule has 1 saturated carbocycles. The number of para-hydroxylation sites is 1. The largest absolute Gasteiger partial charge is 0.259 e. The van der Waals surface area contributed by atoms with E-state index in [1.807, 2.05) is 0 Å². The Kier molecular flexibility index (Phi) is 2.37. The van der Waals surface area contributed by atoms with E-state index in [-0.39, 0.29) is 0 Å². The number of aromatic nitrogens is 1. The second-order valence-corrected chi connectivity index (χ2v) is 6.51. The van der Waals surface area contributed by atoms with Gasteiger partial charge < -0.3 is 0 Å². The summed E-state index contributed by atoms with van der Waals surface area (Å²) in [6, 6.07) is 10.7. The predicted octanol–water partition coefficient (Wildman–Crippen LogP) is 2.79. The van der Waals surface area contributed by atoms with Gasteiger partial charge in [0.2, 0.25) is 0 Å². The first-order valence-corrected chi connectivity index (χ1v) is 8.08. The van der Waals surface area contributed by atoms with Crippen LogP contribution in [0.2, 0.25) is 0 Å². The van der Waals surface area contributed by atoms with Gasteiger partial charge in [0.25, 0.3) is 0 Å². The molecular formula is C19H18N2. The first-order chi connectivity index (χ1) is 10.4. The van der Waals surface area contributed by atoms with Crippen LogP contribution in [0.5, 0.6) is 0 Å². The minimum atomic E-state index is 0.599. The number of benzene rings is 1. The molecule has 2 aromatic rings. The minimum Gasteiger partial charge on any atom is -0.259 e. The third-order valence-corrected chi connectivity index (χ3v) is 5.31. The monoisotopic (exact) mass is 274 g/mol. The number of pyridine rings is 1. The normalized spacial score (nSPS) is 26.7. The zero-order valence-electron chi connectivity index (χ0n) is 12.0. The molecule has 2 heterocycles. The second kappa shape index (κ2) is 4.27. The van der Waals surface area contributed by atoms with Gasteiger partial charge >= 0.3 is 0 Å². The smallest absolute Gasteiger partial charge is 0.0924 e. The van der Waals surface area contributed by atoms with E-state index in [1.165, 1.54) is 47.7 Å². The molecule has 0 amide bonds. The maximum absolute atomic E-state index is 5.03. The maximum Gasteiger partial charge on any atom is 0.0924 e. The Morgan fingerprint density at radius 1 is 1.05 bits per heavy atom. The van der Waals surface area contributed by atoms with E-state index in [4.69, 9.17) is 9.98 Å². The van der Waals surface area contributed by atoms with Crippen molar-refractivity contribution >= 4 is 28.4 Å². The Bertz CT molecular complexity index is 891. The summed E-state index contributed by atoms with van der Waals surface area (Å²) in [5, 5.41) is 3.66. The summed E-state index contributed by atoms with van der Waals surface area (Å²) in [5.74, 6) is 1.30. The van der Waals surface area contributed by atoms with E-state index in [2.05, 4.69) is 36.4 Å². The molecule has 21 heavy (non-hydrogen) atoms. The van der Waals surface area contributed by atoms with Gasteiger partial charge in [-0.3, -0.25) is 4.99 Å². The van der Waals surface area contributed by atoms with Crippen LogP contribution in [0.25, 0.3) is 22.7 Å². The number of hydrogen-bond acceptors (Lipinski definition) is 2. The SMILES string of the molecule is C1=c2cc3ccccc3nc2=C2N=C3CCCCC3C2C1. The van der Waals surface area contributed by atoms with E-state index in [9.17, 15) is 0 Å². The lowest BCUT2D eigenvalue weighted by Gasteiger charge is -2.25. The van der Waals surface area contributed by atoms with Gasteiger partial charge in [0.1, 0.15) is 0 Å². The third kappa shape index (κ3) is 1.65. The van der Waals surface area contributed by atoms with Gasteiger partial charge in [0.05, 0.1) is 16.6 Å². The van der Waals surface area contributed by atoms with Gasteiger partial charge in [-0.15, -0.1) is 0 Å². The van der Waals surface area contributed by atoms with Crippen molar-refractivity contribution in [3.8, 4) is 0 Å². The fraction of sp³-hybridized carbons (Fsp3) is 0.368. The van der Waals surface area contributed by atoms with Gasteiger partial charge in [-0.05, 0) is 43.0 Å². The van der Waals surface area contributed by atoms with Crippen molar-refractivity contribution in [2.45, 2.75) is 32.1 Å². The number of fused-ring (bicyclic) bond motifs is 5. The van der Waals surface area contributed by atoms with Crippen LogP contribution in [-0.4, -0.2) is 10.7 Å². The van der Waals surface area contributed by atoms with Gasteiger partial charge in [0.15, 0.2) is 0 Å². The van der Waals surface area contributed by atoms with Crippen LogP contribution in [-0.2, 0) is 0 Å². The summed E-state index contributed by atoms with van der Waals surface area (Å²) in [6.45, 7) is 0. The molecule has 0 saturated heterocycles. The zero-order chi connectivity index (χ0) is 13.8. The average Bonchev–Trinajstić information content (AvgIpc) is 2.92. The van der Waals surface area contributed by atoms with Crippen molar-refractivity contribution < 1.29 is 0 Å². The fourth-order valence-electron chi connectivity index (χ4n) is 4.27. The first-order valence-electron chi connectivity index (χ1n) is 8.08. The number of nitrogens with zero attached hydrogens (tertiary/aromatic N) is 2. The molecule has 2 atom stereocenters. The van der Waals surface area contributed by atoms with E-state index >= 15 is 0 Å². The molecule has 2 unspecified atom stereocenters. The van der Waals surface area contributed by atoms with Gasteiger partial charge in [-0.1, -0.05) is 30.7 Å². The molecule has 1 fully saturated rings. The van der Waals surface area contributed by atoms with Crippen LogP contribution in [0, 0.1) is 11.8 Å². The highest BCUT2D eigenvalue weighted by Crippen LogP contribution is 2.41. The number of rotatable bonds is 0. The molecule has 0 N–H and O–H groups in total. The third-order valence-electron chi connectivity index (χ3n) is 5.31. The van der Waals surface area contributed by atoms with Crippen molar-refractivity contribution in [3.63, 3.8) is 0 Å². The summed E-state index contributed by atoms with van der Waals surface area (Å²) in [6.07, 6.45) is 8.73. The topological polar surface area (TPSA) is 25.2 Å². The predicted molar refractivity (Wildman–Crippen MR) is 86.4 cm³/mol. The maximum atomic E-state index is 5.03. The Hall–Kier alpha value is -1.96. The Morgan fingerprint density at radius 3 is 3.00 bits per heavy atom. The summed E-state index contributed by atoms with van der Waals surface area (Å²) < 4.78 is 0. The van der Waals surface area contributed by atoms with Crippen molar-refractivity contribution in [2.75, 3.05) is 0 Å². The van der Waals surface area contributed by atoms with Crippen LogP contribution in [0.1, 0.15) is 32.1 Å². The van der Waals surface area contributed by atoms with Gasteiger partial charge in [-0.2, -0.15) is 0 Å². The highest BCUT2D eigenvalue weighted by atomic mass is 14.9. The van der Waals surface area contributed by atoms with Crippen LogP contribution in [0.3, 0.4) is 0 Å². The molecular weight excluding hydrogens is 256 g/mol. The van der Waals surface area contributed by atoms with Crippen LogP contribution < -0.4 is 10.6 Å². The summed E-state index contributed by atoms with van der Waals surface area (Å²) in [5.41, 5.74) is 3.82. The van der Waals surface area contributed by atoms with Crippen molar-refractivity contribution in [3.05, 3.63) is 40.9 Å².